The average Bonchev–Trinajstić information content (AvgIpc) is 3.18. The van der Waals surface area contributed by atoms with Gasteiger partial charge in [-0.3, -0.25) is 4.84 Å². The first-order chi connectivity index (χ1) is 14.2. The molecule has 1 spiro atoms. The van der Waals surface area contributed by atoms with Crippen LogP contribution in [0.15, 0.2) is 0 Å². The van der Waals surface area contributed by atoms with Crippen LogP contribution >= 0.6 is 0 Å². The second kappa shape index (κ2) is 7.47. The normalized spacial score (nSPS) is 51.5. The largest absolute Gasteiger partial charge is 0.295 e. The molecule has 0 aromatic heterocycles. The van der Waals surface area contributed by atoms with E-state index in [4.69, 9.17) is 4.84 Å². The first kappa shape index (κ1) is 21.7. The second-order valence-corrected chi connectivity index (χ2v) is 13.4. The molecule has 4 saturated carbocycles. The highest BCUT2D eigenvalue weighted by molar-refractivity contribution is 5.18. The smallest absolute Gasteiger partial charge is 0.0812 e. The van der Waals surface area contributed by atoms with E-state index in [9.17, 15) is 0 Å². The van der Waals surface area contributed by atoms with E-state index in [1.165, 1.54) is 77.0 Å². The van der Waals surface area contributed by atoms with Gasteiger partial charge in [-0.15, -0.1) is 0 Å². The molecule has 1 aliphatic heterocycles. The van der Waals surface area contributed by atoms with Crippen LogP contribution in [-0.2, 0) is 4.84 Å². The predicted octanol–water partition coefficient (Wildman–Crippen LogP) is 7.48. The third-order valence-corrected chi connectivity index (χ3v) is 11.9. The molecule has 0 N–H and O–H groups in total. The molecule has 5 aliphatic rings. The van der Waals surface area contributed by atoms with Crippen molar-refractivity contribution < 1.29 is 4.84 Å². The highest BCUT2D eigenvalue weighted by atomic mass is 16.7. The average molecular weight is 416 g/mol. The number of hydrogen-bond acceptors (Lipinski definition) is 2. The van der Waals surface area contributed by atoms with Crippen LogP contribution in [0.3, 0.4) is 0 Å². The SMILES string of the molecule is CC(C)CCC[C@@H](C)[C@H]1CC[C@H]2[C@@H]3CC[C@]45C[C@H](CC[C@]4(C)[C@H]3CC[C@]12C)ON5C. The van der Waals surface area contributed by atoms with Gasteiger partial charge in [0.2, 0.25) is 0 Å². The van der Waals surface area contributed by atoms with Crippen molar-refractivity contribution in [2.24, 2.45) is 46.3 Å². The number of rotatable bonds is 5. The molecule has 0 aromatic rings. The lowest BCUT2D eigenvalue weighted by atomic mass is 9.42. The van der Waals surface area contributed by atoms with Gasteiger partial charge in [0, 0.05) is 7.05 Å². The maximum absolute atomic E-state index is 6.33. The van der Waals surface area contributed by atoms with Gasteiger partial charge in [-0.05, 0) is 104 Å². The Hall–Kier alpha value is -0.0800. The Bertz CT molecular complexity index is 647. The van der Waals surface area contributed by atoms with Crippen LogP contribution in [0.25, 0.3) is 0 Å². The summed E-state index contributed by atoms with van der Waals surface area (Å²) in [5.41, 5.74) is 1.43. The van der Waals surface area contributed by atoms with E-state index >= 15 is 0 Å². The Balaban J connectivity index is 1.34. The van der Waals surface area contributed by atoms with Gasteiger partial charge in [0.15, 0.2) is 0 Å². The molecule has 5 fully saturated rings. The second-order valence-electron chi connectivity index (χ2n) is 13.4. The lowest BCUT2D eigenvalue weighted by Gasteiger charge is -2.64. The standard InChI is InChI=1S/C28H49NO/c1-19(2)8-7-9-20(3)23-10-11-24-22-13-17-28-18-21(30-29(28)6)12-16-27(28,5)25(22)14-15-26(23,24)4/h19-25H,7-18H2,1-6H3/t20-,21+,22+,23-,24+,25+,26-,27-,28+/m1/s1. The fourth-order valence-electron chi connectivity index (χ4n) is 10.3. The maximum Gasteiger partial charge on any atom is 0.0812 e. The summed E-state index contributed by atoms with van der Waals surface area (Å²) in [7, 11) is 2.27. The molecule has 4 aliphatic carbocycles. The minimum atomic E-state index is 0.340. The lowest BCUT2D eigenvalue weighted by molar-refractivity contribution is -0.217. The molecule has 0 radical (unpaired) electrons. The first-order valence-electron chi connectivity index (χ1n) is 13.6. The van der Waals surface area contributed by atoms with Crippen molar-refractivity contribution in [3.05, 3.63) is 0 Å². The van der Waals surface area contributed by atoms with Crippen LogP contribution in [0.5, 0.6) is 0 Å². The molecular weight excluding hydrogens is 366 g/mol. The van der Waals surface area contributed by atoms with Gasteiger partial charge < -0.3 is 0 Å². The van der Waals surface area contributed by atoms with Gasteiger partial charge in [-0.2, -0.15) is 5.06 Å². The van der Waals surface area contributed by atoms with Crippen LogP contribution in [-0.4, -0.2) is 23.8 Å². The topological polar surface area (TPSA) is 12.5 Å². The van der Waals surface area contributed by atoms with E-state index in [-0.39, 0.29) is 0 Å². The molecule has 172 valence electrons. The predicted molar refractivity (Wildman–Crippen MR) is 125 cm³/mol. The van der Waals surface area contributed by atoms with E-state index in [2.05, 4.69) is 46.7 Å². The molecule has 9 atom stereocenters. The molecule has 5 rings (SSSR count). The van der Waals surface area contributed by atoms with Crippen molar-refractivity contribution in [3.8, 4) is 0 Å². The van der Waals surface area contributed by atoms with Crippen molar-refractivity contribution >= 4 is 0 Å². The summed E-state index contributed by atoms with van der Waals surface area (Å²) in [5, 5.41) is 2.36. The minimum Gasteiger partial charge on any atom is -0.295 e. The van der Waals surface area contributed by atoms with Gasteiger partial charge in [0.05, 0.1) is 11.6 Å². The van der Waals surface area contributed by atoms with Gasteiger partial charge in [0.25, 0.3) is 0 Å². The fourth-order valence-corrected chi connectivity index (χ4v) is 10.3. The summed E-state index contributed by atoms with van der Waals surface area (Å²) in [6.07, 6.45) is 17.7. The molecule has 0 unspecified atom stereocenters. The third kappa shape index (κ3) is 2.94. The van der Waals surface area contributed by atoms with Crippen molar-refractivity contribution in [1.29, 1.82) is 0 Å². The Labute approximate surface area is 186 Å². The summed E-state index contributed by atoms with van der Waals surface area (Å²) in [4.78, 5) is 6.33. The summed E-state index contributed by atoms with van der Waals surface area (Å²) in [5.74, 6) is 5.68. The Morgan fingerprint density at radius 2 is 1.70 bits per heavy atom. The molecule has 1 heterocycles. The monoisotopic (exact) mass is 415 g/mol. The number of fused-ring (bicyclic) bond motifs is 5. The Morgan fingerprint density at radius 1 is 0.900 bits per heavy atom. The van der Waals surface area contributed by atoms with Crippen LogP contribution in [0.2, 0.25) is 0 Å². The highest BCUT2D eigenvalue weighted by Gasteiger charge is 2.68. The summed E-state index contributed by atoms with van der Waals surface area (Å²) in [6, 6.07) is 0. The minimum absolute atomic E-state index is 0.340. The van der Waals surface area contributed by atoms with Crippen LogP contribution in [0.1, 0.15) is 112 Å². The van der Waals surface area contributed by atoms with E-state index < -0.39 is 0 Å². The van der Waals surface area contributed by atoms with E-state index in [0.29, 0.717) is 22.5 Å². The lowest BCUT2D eigenvalue weighted by Crippen LogP contribution is -2.64. The van der Waals surface area contributed by atoms with Crippen molar-refractivity contribution in [2.45, 2.75) is 123 Å². The van der Waals surface area contributed by atoms with E-state index in [1.54, 1.807) is 0 Å². The van der Waals surface area contributed by atoms with Crippen molar-refractivity contribution in [2.75, 3.05) is 7.05 Å². The Kier molecular flexibility index (Phi) is 5.42. The quantitative estimate of drug-likeness (QED) is 0.461. The zero-order valence-electron chi connectivity index (χ0n) is 20.9. The van der Waals surface area contributed by atoms with Gasteiger partial charge in [0.1, 0.15) is 0 Å². The summed E-state index contributed by atoms with van der Waals surface area (Å²) < 4.78 is 0. The molecule has 0 amide bonds. The first-order valence-corrected chi connectivity index (χ1v) is 13.6. The van der Waals surface area contributed by atoms with Gasteiger partial charge >= 0.3 is 0 Å². The van der Waals surface area contributed by atoms with Crippen LogP contribution < -0.4 is 0 Å². The molecule has 30 heavy (non-hydrogen) atoms. The Morgan fingerprint density at radius 3 is 2.47 bits per heavy atom. The third-order valence-electron chi connectivity index (χ3n) is 11.9. The maximum atomic E-state index is 6.33. The molecular formula is C28H49NO. The van der Waals surface area contributed by atoms with Gasteiger partial charge in [-0.25, -0.2) is 0 Å². The zero-order valence-corrected chi connectivity index (χ0v) is 20.9. The van der Waals surface area contributed by atoms with Crippen molar-refractivity contribution in [1.82, 2.24) is 5.06 Å². The zero-order chi connectivity index (χ0) is 21.3. The fraction of sp³-hybridized carbons (Fsp3) is 1.00. The van der Waals surface area contributed by atoms with Crippen molar-refractivity contribution in [3.63, 3.8) is 0 Å². The molecule has 2 bridgehead atoms. The summed E-state index contributed by atoms with van der Waals surface area (Å²) >= 11 is 0. The molecule has 0 aromatic carbocycles. The van der Waals surface area contributed by atoms with Gasteiger partial charge in [-0.1, -0.05) is 53.9 Å². The van der Waals surface area contributed by atoms with E-state index in [1.807, 2.05) is 0 Å². The molecule has 2 nitrogen and oxygen atoms in total. The van der Waals surface area contributed by atoms with Crippen LogP contribution in [0, 0.1) is 46.3 Å². The number of nitrogens with zero attached hydrogens (tertiary/aromatic N) is 1. The summed E-state index contributed by atoms with van der Waals surface area (Å²) in [6.45, 7) is 12.8. The number of hydroxylamine groups is 2. The van der Waals surface area contributed by atoms with E-state index in [0.717, 1.165) is 35.5 Å². The molecule has 1 saturated heterocycles. The van der Waals surface area contributed by atoms with Crippen LogP contribution in [0.4, 0.5) is 0 Å². The highest BCUT2D eigenvalue weighted by Crippen LogP contribution is 2.71. The molecule has 2 heteroatoms. The number of hydrogen-bond donors (Lipinski definition) is 0.